The molecule has 0 unspecified atom stereocenters. The maximum atomic E-state index is 12.4. The number of aryl methyl sites for hydroxylation is 1. The zero-order valence-corrected chi connectivity index (χ0v) is 15.1. The van der Waals surface area contributed by atoms with E-state index in [9.17, 15) is 14.4 Å². The van der Waals surface area contributed by atoms with Gasteiger partial charge in [0.25, 0.3) is 5.91 Å². The molecule has 0 saturated heterocycles. The van der Waals surface area contributed by atoms with Crippen LogP contribution in [0.15, 0.2) is 20.5 Å². The first-order valence-electron chi connectivity index (χ1n) is 8.00. The number of esters is 1. The van der Waals surface area contributed by atoms with Crippen LogP contribution in [0.5, 0.6) is 0 Å². The van der Waals surface area contributed by atoms with Gasteiger partial charge in [-0.25, -0.2) is 4.79 Å². The summed E-state index contributed by atoms with van der Waals surface area (Å²) in [7, 11) is 0. The molecule has 0 spiro atoms. The van der Waals surface area contributed by atoms with Crippen molar-refractivity contribution in [3.63, 3.8) is 0 Å². The molecule has 0 aromatic carbocycles. The standard InChI is InChI=1S/C16H18N4O5S/c1-3-24-15(23)11-8(2)25-14(12(11)13(17)22)19-10(21)6-9-7-26-16-18-4-5-20(9)16/h7H,3-6H2,1-2H3,(H2,17,22)(H,19,21). The number of aliphatic imine (C=N–C) groups is 1. The fourth-order valence-corrected chi connectivity index (χ4v) is 3.72. The van der Waals surface area contributed by atoms with E-state index >= 15 is 0 Å². The number of nitrogens with zero attached hydrogens (tertiary/aromatic N) is 2. The molecule has 0 saturated carbocycles. The first kappa shape index (κ1) is 18.1. The number of carbonyl (C=O) groups excluding carboxylic acids is 3. The van der Waals surface area contributed by atoms with Gasteiger partial charge in [-0.3, -0.25) is 19.9 Å². The predicted octanol–water partition coefficient (Wildman–Crippen LogP) is 1.45. The lowest BCUT2D eigenvalue weighted by Gasteiger charge is -2.15. The summed E-state index contributed by atoms with van der Waals surface area (Å²) in [5.41, 5.74) is 5.94. The summed E-state index contributed by atoms with van der Waals surface area (Å²) in [5, 5.41) is 5.27. The van der Waals surface area contributed by atoms with E-state index in [0.717, 1.165) is 17.4 Å². The van der Waals surface area contributed by atoms with Crippen LogP contribution in [0.3, 0.4) is 0 Å². The van der Waals surface area contributed by atoms with E-state index in [1.165, 1.54) is 18.7 Å². The number of anilines is 1. The Morgan fingerprint density at radius 2 is 2.19 bits per heavy atom. The number of fused-ring (bicyclic) bond motifs is 1. The van der Waals surface area contributed by atoms with Crippen LogP contribution in [0.25, 0.3) is 0 Å². The lowest BCUT2D eigenvalue weighted by Crippen LogP contribution is -2.25. The highest BCUT2D eigenvalue weighted by atomic mass is 32.2. The van der Waals surface area contributed by atoms with Gasteiger partial charge in [-0.15, -0.1) is 0 Å². The molecule has 2 aliphatic rings. The summed E-state index contributed by atoms with van der Waals surface area (Å²) in [5.74, 6) is -2.00. The molecule has 10 heteroatoms. The highest BCUT2D eigenvalue weighted by Gasteiger charge is 2.31. The van der Waals surface area contributed by atoms with E-state index in [2.05, 4.69) is 10.3 Å². The second-order valence-corrected chi connectivity index (χ2v) is 6.43. The Hall–Kier alpha value is -2.75. The monoisotopic (exact) mass is 378 g/mol. The van der Waals surface area contributed by atoms with Gasteiger partial charge in [0.05, 0.1) is 19.6 Å². The van der Waals surface area contributed by atoms with E-state index in [1.54, 1.807) is 6.92 Å². The molecule has 0 bridgehead atoms. The molecule has 138 valence electrons. The van der Waals surface area contributed by atoms with E-state index in [1.807, 2.05) is 10.3 Å². The number of ether oxygens (including phenoxy) is 1. The average Bonchev–Trinajstić information content (AvgIpc) is 3.23. The van der Waals surface area contributed by atoms with E-state index < -0.39 is 17.8 Å². The molecule has 2 aliphatic heterocycles. The summed E-state index contributed by atoms with van der Waals surface area (Å²) in [6.07, 6.45) is 0.0821. The van der Waals surface area contributed by atoms with Crippen LogP contribution in [0, 0.1) is 6.92 Å². The van der Waals surface area contributed by atoms with Crippen molar-refractivity contribution in [1.82, 2.24) is 4.90 Å². The molecule has 2 amide bonds. The number of primary amides is 1. The molecule has 0 radical (unpaired) electrons. The topological polar surface area (TPSA) is 127 Å². The van der Waals surface area contributed by atoms with Crippen molar-refractivity contribution < 1.29 is 23.5 Å². The third kappa shape index (κ3) is 3.32. The highest BCUT2D eigenvalue weighted by Crippen LogP contribution is 2.32. The molecule has 3 heterocycles. The molecule has 9 nitrogen and oxygen atoms in total. The smallest absolute Gasteiger partial charge is 0.342 e. The molecule has 3 N–H and O–H groups in total. The van der Waals surface area contributed by atoms with Gasteiger partial charge >= 0.3 is 5.97 Å². The van der Waals surface area contributed by atoms with E-state index in [0.29, 0.717) is 6.54 Å². The van der Waals surface area contributed by atoms with Gasteiger partial charge in [-0.05, 0) is 19.3 Å². The summed E-state index contributed by atoms with van der Waals surface area (Å²) < 4.78 is 10.3. The lowest BCUT2D eigenvalue weighted by molar-refractivity contribution is -0.115. The Morgan fingerprint density at radius 1 is 1.42 bits per heavy atom. The van der Waals surface area contributed by atoms with Gasteiger partial charge in [0, 0.05) is 12.2 Å². The van der Waals surface area contributed by atoms with Crippen LogP contribution in [-0.2, 0) is 9.53 Å². The Balaban J connectivity index is 1.78. The van der Waals surface area contributed by atoms with Crippen LogP contribution in [-0.4, -0.2) is 47.5 Å². The zero-order chi connectivity index (χ0) is 18.8. The number of thioether (sulfide) groups is 1. The van der Waals surface area contributed by atoms with Crippen LogP contribution >= 0.6 is 11.8 Å². The Labute approximate surface area is 153 Å². The molecule has 26 heavy (non-hydrogen) atoms. The second kappa shape index (κ2) is 7.24. The molecular formula is C16H18N4O5S. The zero-order valence-electron chi connectivity index (χ0n) is 14.3. The maximum Gasteiger partial charge on any atom is 0.342 e. The Bertz CT molecular complexity index is 842. The van der Waals surface area contributed by atoms with Gasteiger partial charge in [-0.2, -0.15) is 0 Å². The number of hydrogen-bond donors (Lipinski definition) is 2. The van der Waals surface area contributed by atoms with Crippen LogP contribution in [0.4, 0.5) is 5.88 Å². The van der Waals surface area contributed by atoms with Crippen molar-refractivity contribution in [3.8, 4) is 0 Å². The second-order valence-electron chi connectivity index (χ2n) is 5.59. The van der Waals surface area contributed by atoms with Gasteiger partial charge < -0.3 is 19.8 Å². The SMILES string of the molecule is CCOC(=O)c1c(C)oc(NC(=O)CC2=CSC3=NCCN23)c1C(N)=O. The van der Waals surface area contributed by atoms with Gasteiger partial charge in [0.15, 0.2) is 5.17 Å². The van der Waals surface area contributed by atoms with Crippen molar-refractivity contribution in [2.75, 3.05) is 25.0 Å². The van der Waals surface area contributed by atoms with Crippen molar-refractivity contribution in [2.24, 2.45) is 10.7 Å². The normalized spacial score (nSPS) is 15.4. The van der Waals surface area contributed by atoms with Crippen LogP contribution in [0.1, 0.15) is 39.8 Å². The molecule has 3 rings (SSSR count). The summed E-state index contributed by atoms with van der Waals surface area (Å²) in [6, 6.07) is 0. The predicted molar refractivity (Wildman–Crippen MR) is 95.8 cm³/mol. The number of rotatable bonds is 6. The van der Waals surface area contributed by atoms with Crippen molar-refractivity contribution >= 4 is 40.6 Å². The summed E-state index contributed by atoms with van der Waals surface area (Å²) >= 11 is 1.47. The molecule has 0 atom stereocenters. The van der Waals surface area contributed by atoms with Crippen molar-refractivity contribution in [2.45, 2.75) is 20.3 Å². The first-order valence-corrected chi connectivity index (χ1v) is 8.88. The van der Waals surface area contributed by atoms with Crippen LogP contribution < -0.4 is 11.1 Å². The number of furan rings is 1. The molecule has 1 aromatic rings. The molecule has 0 fully saturated rings. The maximum absolute atomic E-state index is 12.4. The number of nitrogens with two attached hydrogens (primary N) is 1. The number of nitrogens with one attached hydrogen (secondary N) is 1. The highest BCUT2D eigenvalue weighted by molar-refractivity contribution is 8.16. The number of amides is 2. The van der Waals surface area contributed by atoms with Gasteiger partial charge in [-0.1, -0.05) is 11.8 Å². The number of carbonyl (C=O) groups is 3. The van der Waals surface area contributed by atoms with Crippen LogP contribution in [0.2, 0.25) is 0 Å². The van der Waals surface area contributed by atoms with Crippen molar-refractivity contribution in [1.29, 1.82) is 0 Å². The first-order chi connectivity index (χ1) is 12.4. The fourth-order valence-electron chi connectivity index (χ4n) is 2.77. The largest absolute Gasteiger partial charge is 0.462 e. The lowest BCUT2D eigenvalue weighted by atomic mass is 10.1. The molecule has 1 aromatic heterocycles. The van der Waals surface area contributed by atoms with Gasteiger partial charge in [0.1, 0.15) is 16.9 Å². The Morgan fingerprint density at radius 3 is 2.88 bits per heavy atom. The van der Waals surface area contributed by atoms with E-state index in [4.69, 9.17) is 14.9 Å². The minimum absolute atomic E-state index is 0.0701. The number of hydrogen-bond acceptors (Lipinski definition) is 8. The minimum Gasteiger partial charge on any atom is -0.462 e. The van der Waals surface area contributed by atoms with E-state index in [-0.39, 0.29) is 35.8 Å². The number of amidine groups is 1. The minimum atomic E-state index is -0.884. The molecular weight excluding hydrogens is 360 g/mol. The molecule has 0 aliphatic carbocycles. The quantitative estimate of drug-likeness (QED) is 0.717. The third-order valence-electron chi connectivity index (χ3n) is 3.85. The summed E-state index contributed by atoms with van der Waals surface area (Å²) in [4.78, 5) is 42.5. The van der Waals surface area contributed by atoms with Gasteiger partial charge in [0.2, 0.25) is 11.8 Å². The average molecular weight is 378 g/mol. The fraction of sp³-hybridized carbons (Fsp3) is 0.375. The summed E-state index contributed by atoms with van der Waals surface area (Å²) in [6.45, 7) is 4.71. The van der Waals surface area contributed by atoms with Crippen molar-refractivity contribution in [3.05, 3.63) is 28.0 Å². The third-order valence-corrected chi connectivity index (χ3v) is 4.80. The Kier molecular flexibility index (Phi) is 5.03.